The van der Waals surface area contributed by atoms with Gasteiger partial charge in [-0.25, -0.2) is 4.98 Å². The van der Waals surface area contributed by atoms with Gasteiger partial charge in [0.15, 0.2) is 5.78 Å². The highest BCUT2D eigenvalue weighted by Gasteiger charge is 2.30. The maximum Gasteiger partial charge on any atom is 0.254 e. The molecule has 114 valence electrons. The summed E-state index contributed by atoms with van der Waals surface area (Å²) in [6.07, 6.45) is 4.40. The molecule has 3 rings (SSSR count). The second kappa shape index (κ2) is 6.09. The monoisotopic (exact) mass is 298 g/mol. The first-order valence-corrected chi connectivity index (χ1v) is 7.44. The van der Waals surface area contributed by atoms with Crippen LogP contribution >= 0.6 is 0 Å². The molecule has 1 unspecified atom stereocenters. The fourth-order valence-electron chi connectivity index (χ4n) is 2.85. The van der Waals surface area contributed by atoms with Crippen molar-refractivity contribution in [3.8, 4) is 0 Å². The minimum Gasteiger partial charge on any atom is -0.328 e. The molecular weight excluding hydrogens is 280 g/mol. The number of aromatic amines is 1. The molecule has 0 saturated carbocycles. The second-order valence-corrected chi connectivity index (χ2v) is 5.51. The van der Waals surface area contributed by atoms with Crippen LogP contribution in [0, 0.1) is 0 Å². The van der Waals surface area contributed by atoms with Crippen molar-refractivity contribution in [2.24, 2.45) is 0 Å². The summed E-state index contributed by atoms with van der Waals surface area (Å²) in [7, 11) is 0. The van der Waals surface area contributed by atoms with Crippen LogP contribution in [0.2, 0.25) is 0 Å². The van der Waals surface area contributed by atoms with Gasteiger partial charge in [-0.1, -0.05) is 12.1 Å². The van der Waals surface area contributed by atoms with Crippen molar-refractivity contribution in [3.63, 3.8) is 0 Å². The predicted octanol–water partition coefficient (Wildman–Crippen LogP) is 2.37. The maximum absolute atomic E-state index is 12.8. The Kier molecular flexibility index (Phi) is 4.00. The van der Waals surface area contributed by atoms with E-state index < -0.39 is 0 Å². The Hall–Kier alpha value is -2.50. The summed E-state index contributed by atoms with van der Waals surface area (Å²) in [4.78, 5) is 30.1. The predicted molar refractivity (Wildman–Crippen MR) is 80.5 cm³/mol. The van der Waals surface area contributed by atoms with Gasteiger partial charge in [-0.3, -0.25) is 14.7 Å². The Morgan fingerprint density at radius 1 is 1.18 bits per heavy atom. The third kappa shape index (κ3) is 2.77. The van der Waals surface area contributed by atoms with Crippen LogP contribution in [0.5, 0.6) is 0 Å². The lowest BCUT2D eigenvalue weighted by Crippen LogP contribution is -2.39. The van der Waals surface area contributed by atoms with Gasteiger partial charge in [0.25, 0.3) is 5.91 Å². The number of carbonyl (C=O) groups is 2. The van der Waals surface area contributed by atoms with Crippen LogP contribution in [0.1, 0.15) is 58.8 Å². The highest BCUT2D eigenvalue weighted by atomic mass is 16.2. The van der Waals surface area contributed by atoms with Crippen molar-refractivity contribution in [3.05, 3.63) is 47.5 Å². The number of amides is 1. The lowest BCUT2D eigenvalue weighted by atomic mass is 9.99. The molecule has 1 aromatic carbocycles. The Labute approximate surface area is 128 Å². The number of likely N-dealkylation sites (tertiary alicyclic amines) is 1. The molecule has 1 aliphatic heterocycles. The number of carbonyl (C=O) groups excluding carboxylic acids is 2. The first kappa shape index (κ1) is 14.4. The Morgan fingerprint density at radius 2 is 1.91 bits per heavy atom. The first-order chi connectivity index (χ1) is 10.7. The molecule has 1 aliphatic rings. The molecule has 1 fully saturated rings. The molecule has 0 bridgehead atoms. The Balaban J connectivity index is 1.84. The van der Waals surface area contributed by atoms with Gasteiger partial charge in [0.2, 0.25) is 0 Å². The average molecular weight is 298 g/mol. The van der Waals surface area contributed by atoms with Crippen LogP contribution in [0.15, 0.2) is 30.6 Å². The van der Waals surface area contributed by atoms with E-state index in [0.29, 0.717) is 17.7 Å². The lowest BCUT2D eigenvalue weighted by molar-refractivity contribution is 0.0600. The molecule has 1 saturated heterocycles. The highest BCUT2D eigenvalue weighted by molar-refractivity contribution is 5.97. The minimum atomic E-state index is -0.0590. The van der Waals surface area contributed by atoms with Gasteiger partial charge in [0.05, 0.1) is 6.04 Å². The van der Waals surface area contributed by atoms with Crippen molar-refractivity contribution in [2.75, 3.05) is 6.54 Å². The summed E-state index contributed by atoms with van der Waals surface area (Å²) < 4.78 is 0. The van der Waals surface area contributed by atoms with Gasteiger partial charge >= 0.3 is 0 Å². The molecule has 22 heavy (non-hydrogen) atoms. The molecule has 2 heterocycles. The van der Waals surface area contributed by atoms with Crippen molar-refractivity contribution in [2.45, 2.75) is 32.2 Å². The van der Waals surface area contributed by atoms with Gasteiger partial charge in [0, 0.05) is 17.7 Å². The minimum absolute atomic E-state index is 0.00323. The molecule has 0 radical (unpaired) electrons. The SMILES string of the molecule is CC(=O)c1ccc(C(=O)N2CCCCC2c2ncn[nH]2)cc1. The Bertz CT molecular complexity index is 664. The van der Waals surface area contributed by atoms with Gasteiger partial charge in [0.1, 0.15) is 12.2 Å². The van der Waals surface area contributed by atoms with Crippen LogP contribution in [0.3, 0.4) is 0 Å². The van der Waals surface area contributed by atoms with E-state index in [-0.39, 0.29) is 17.7 Å². The summed E-state index contributed by atoms with van der Waals surface area (Å²) in [6, 6.07) is 6.76. The number of hydrogen-bond donors (Lipinski definition) is 1. The zero-order chi connectivity index (χ0) is 15.5. The van der Waals surface area contributed by atoms with Crippen LogP contribution in [0.4, 0.5) is 0 Å². The summed E-state index contributed by atoms with van der Waals surface area (Å²) >= 11 is 0. The standard InChI is InChI=1S/C16H18N4O2/c1-11(21)12-5-7-13(8-6-12)16(22)20-9-3-2-4-14(20)15-17-10-18-19-15/h5-8,10,14H,2-4,9H2,1H3,(H,17,18,19). The fourth-order valence-corrected chi connectivity index (χ4v) is 2.85. The fraction of sp³-hybridized carbons (Fsp3) is 0.375. The largest absolute Gasteiger partial charge is 0.328 e. The number of hydrogen-bond acceptors (Lipinski definition) is 4. The van der Waals surface area contributed by atoms with Crippen molar-refractivity contribution in [1.82, 2.24) is 20.1 Å². The highest BCUT2D eigenvalue weighted by Crippen LogP contribution is 2.29. The van der Waals surface area contributed by atoms with E-state index >= 15 is 0 Å². The number of ketones is 1. The van der Waals surface area contributed by atoms with Gasteiger partial charge in [-0.15, -0.1) is 0 Å². The summed E-state index contributed by atoms with van der Waals surface area (Å²) in [5.41, 5.74) is 1.21. The molecule has 1 atom stereocenters. The molecule has 2 aromatic rings. The van der Waals surface area contributed by atoms with Crippen LogP contribution in [0.25, 0.3) is 0 Å². The Morgan fingerprint density at radius 3 is 2.55 bits per heavy atom. The van der Waals surface area contributed by atoms with E-state index in [2.05, 4.69) is 15.2 Å². The van der Waals surface area contributed by atoms with Crippen LogP contribution in [-0.4, -0.2) is 38.3 Å². The van der Waals surface area contributed by atoms with Gasteiger partial charge in [-0.2, -0.15) is 5.10 Å². The van der Waals surface area contributed by atoms with E-state index in [0.717, 1.165) is 25.1 Å². The molecule has 6 nitrogen and oxygen atoms in total. The van der Waals surface area contributed by atoms with E-state index in [9.17, 15) is 9.59 Å². The number of benzene rings is 1. The quantitative estimate of drug-likeness (QED) is 0.882. The van der Waals surface area contributed by atoms with Crippen molar-refractivity contribution in [1.29, 1.82) is 0 Å². The number of piperidine rings is 1. The molecule has 1 aromatic heterocycles. The van der Waals surface area contributed by atoms with Gasteiger partial charge in [-0.05, 0) is 38.3 Å². The molecule has 1 amide bonds. The number of rotatable bonds is 3. The normalized spacial score (nSPS) is 18.2. The van der Waals surface area contributed by atoms with E-state index in [1.165, 1.54) is 13.3 Å². The molecule has 6 heteroatoms. The van der Waals surface area contributed by atoms with E-state index in [1.54, 1.807) is 24.3 Å². The van der Waals surface area contributed by atoms with E-state index in [1.807, 2.05) is 4.90 Å². The third-order valence-electron chi connectivity index (χ3n) is 4.05. The zero-order valence-corrected chi connectivity index (χ0v) is 12.5. The van der Waals surface area contributed by atoms with E-state index in [4.69, 9.17) is 0 Å². The lowest BCUT2D eigenvalue weighted by Gasteiger charge is -2.34. The maximum atomic E-state index is 12.8. The third-order valence-corrected chi connectivity index (χ3v) is 4.05. The van der Waals surface area contributed by atoms with Crippen LogP contribution in [-0.2, 0) is 0 Å². The number of H-pyrrole nitrogens is 1. The van der Waals surface area contributed by atoms with Crippen LogP contribution < -0.4 is 0 Å². The zero-order valence-electron chi connectivity index (χ0n) is 12.5. The summed E-state index contributed by atoms with van der Waals surface area (Å²) in [5, 5.41) is 6.75. The second-order valence-electron chi connectivity index (χ2n) is 5.51. The summed E-state index contributed by atoms with van der Waals surface area (Å²) in [5.74, 6) is 0.695. The molecule has 1 N–H and O–H groups in total. The number of aromatic nitrogens is 3. The average Bonchev–Trinajstić information content (AvgIpc) is 3.08. The molecule has 0 aliphatic carbocycles. The smallest absolute Gasteiger partial charge is 0.254 e. The van der Waals surface area contributed by atoms with Crippen molar-refractivity contribution >= 4 is 11.7 Å². The van der Waals surface area contributed by atoms with Gasteiger partial charge < -0.3 is 4.90 Å². The first-order valence-electron chi connectivity index (χ1n) is 7.44. The van der Waals surface area contributed by atoms with Crippen molar-refractivity contribution < 1.29 is 9.59 Å². The molecular formula is C16H18N4O2. The number of nitrogens with zero attached hydrogens (tertiary/aromatic N) is 3. The number of nitrogens with one attached hydrogen (secondary N) is 1. The topological polar surface area (TPSA) is 79.0 Å². The number of Topliss-reactive ketones (excluding diaryl/α,β-unsaturated/α-hetero) is 1. The molecule has 0 spiro atoms. The summed E-state index contributed by atoms with van der Waals surface area (Å²) in [6.45, 7) is 2.22.